The molecule has 2 rings (SSSR count). The number of anilines is 1. The van der Waals surface area contributed by atoms with Crippen molar-refractivity contribution < 1.29 is 9.50 Å². The van der Waals surface area contributed by atoms with Gasteiger partial charge in [-0.05, 0) is 31.9 Å². The van der Waals surface area contributed by atoms with Gasteiger partial charge < -0.3 is 10.0 Å². The van der Waals surface area contributed by atoms with E-state index in [0.717, 1.165) is 18.5 Å². The van der Waals surface area contributed by atoms with Crippen LogP contribution < -0.4 is 4.90 Å². The lowest BCUT2D eigenvalue weighted by Gasteiger charge is -2.27. The fourth-order valence-electron chi connectivity index (χ4n) is 2.16. The molecule has 1 saturated carbocycles. The molecule has 1 atom stereocenters. The smallest absolute Gasteiger partial charge is 0.131 e. The van der Waals surface area contributed by atoms with Gasteiger partial charge in [0.1, 0.15) is 5.82 Å². The van der Waals surface area contributed by atoms with Gasteiger partial charge in [0.05, 0.1) is 6.10 Å². The Balaban J connectivity index is 2.41. The summed E-state index contributed by atoms with van der Waals surface area (Å²) < 4.78 is 13.8. The number of nitrogens with zero attached hydrogens (tertiary/aromatic N) is 1. The minimum Gasteiger partial charge on any atom is -0.389 e. The van der Waals surface area contributed by atoms with Crippen molar-refractivity contribution in [2.45, 2.75) is 31.9 Å². The van der Waals surface area contributed by atoms with Crippen LogP contribution in [0, 0.1) is 5.82 Å². The molecule has 0 radical (unpaired) electrons. The molecule has 1 aromatic carbocycles. The molecular weight excluding hydrogens is 217 g/mol. The van der Waals surface area contributed by atoms with E-state index in [2.05, 4.69) is 11.5 Å². The maximum absolute atomic E-state index is 13.8. The number of halogens is 1. The van der Waals surface area contributed by atoms with Gasteiger partial charge in [-0.2, -0.15) is 0 Å². The van der Waals surface area contributed by atoms with E-state index in [0.29, 0.717) is 18.2 Å². The highest BCUT2D eigenvalue weighted by molar-refractivity contribution is 5.57. The average molecular weight is 235 g/mol. The van der Waals surface area contributed by atoms with Crippen molar-refractivity contribution in [2.75, 3.05) is 11.4 Å². The van der Waals surface area contributed by atoms with Crippen LogP contribution in [-0.4, -0.2) is 17.7 Å². The molecule has 0 spiro atoms. The Kier molecular flexibility index (Phi) is 3.48. The maximum Gasteiger partial charge on any atom is 0.131 e. The summed E-state index contributed by atoms with van der Waals surface area (Å²) in [5, 5.41) is 9.71. The van der Waals surface area contributed by atoms with Crippen molar-refractivity contribution in [1.82, 2.24) is 0 Å². The van der Waals surface area contributed by atoms with Crippen LogP contribution in [0.4, 0.5) is 10.1 Å². The van der Waals surface area contributed by atoms with Crippen molar-refractivity contribution in [1.29, 1.82) is 0 Å². The molecule has 0 bridgehead atoms. The van der Waals surface area contributed by atoms with E-state index in [1.165, 1.54) is 6.07 Å². The maximum atomic E-state index is 13.8. The fraction of sp³-hybridized carbons (Fsp3) is 0.429. The van der Waals surface area contributed by atoms with Crippen molar-refractivity contribution in [3.63, 3.8) is 0 Å². The van der Waals surface area contributed by atoms with Crippen molar-refractivity contribution in [2.24, 2.45) is 0 Å². The molecule has 2 nitrogen and oxygen atoms in total. The zero-order valence-electron chi connectivity index (χ0n) is 10.1. The van der Waals surface area contributed by atoms with E-state index in [1.54, 1.807) is 13.0 Å². The van der Waals surface area contributed by atoms with Gasteiger partial charge in [-0.15, -0.1) is 6.58 Å². The Morgan fingerprint density at radius 3 is 2.82 bits per heavy atom. The Bertz CT molecular complexity index is 413. The van der Waals surface area contributed by atoms with Gasteiger partial charge in [-0.3, -0.25) is 0 Å². The molecule has 0 saturated heterocycles. The molecule has 3 heteroatoms. The third-order valence-electron chi connectivity index (χ3n) is 3.07. The van der Waals surface area contributed by atoms with Crippen molar-refractivity contribution in [3.05, 3.63) is 42.2 Å². The van der Waals surface area contributed by atoms with Crippen LogP contribution in [0.15, 0.2) is 30.9 Å². The summed E-state index contributed by atoms with van der Waals surface area (Å²) in [5.41, 5.74) is 1.18. The Morgan fingerprint density at radius 2 is 2.29 bits per heavy atom. The largest absolute Gasteiger partial charge is 0.389 e. The summed E-state index contributed by atoms with van der Waals surface area (Å²) in [5.74, 6) is -0.341. The lowest BCUT2D eigenvalue weighted by atomic mass is 10.1. The Hall–Kier alpha value is -1.35. The van der Waals surface area contributed by atoms with E-state index in [-0.39, 0.29) is 5.82 Å². The molecule has 1 N–H and O–H groups in total. The monoisotopic (exact) mass is 235 g/mol. The summed E-state index contributed by atoms with van der Waals surface area (Å²) in [4.78, 5) is 2.12. The van der Waals surface area contributed by atoms with Crippen LogP contribution in [0.5, 0.6) is 0 Å². The summed E-state index contributed by atoms with van der Waals surface area (Å²) in [6.45, 7) is 6.02. The second kappa shape index (κ2) is 4.88. The van der Waals surface area contributed by atoms with Crippen molar-refractivity contribution in [3.8, 4) is 0 Å². The number of aliphatic hydroxyl groups excluding tert-OH is 1. The van der Waals surface area contributed by atoms with Gasteiger partial charge in [0.2, 0.25) is 0 Å². The second-order valence-corrected chi connectivity index (χ2v) is 4.52. The first-order chi connectivity index (χ1) is 8.15. The fourth-order valence-corrected chi connectivity index (χ4v) is 2.16. The summed E-state index contributed by atoms with van der Waals surface area (Å²) in [6.07, 6.45) is 3.28. The van der Waals surface area contributed by atoms with Gasteiger partial charge in [0.15, 0.2) is 0 Å². The summed E-state index contributed by atoms with van der Waals surface area (Å²) >= 11 is 0. The highest BCUT2D eigenvalue weighted by Gasteiger charge is 2.30. The third-order valence-corrected chi connectivity index (χ3v) is 3.07. The summed E-state index contributed by atoms with van der Waals surface area (Å²) in [7, 11) is 0. The lowest BCUT2D eigenvalue weighted by molar-refractivity contribution is 0.194. The van der Waals surface area contributed by atoms with Crippen molar-refractivity contribution >= 4 is 5.69 Å². The first kappa shape index (κ1) is 12.1. The number of rotatable bonds is 5. The first-order valence-corrected chi connectivity index (χ1v) is 5.99. The molecule has 1 unspecified atom stereocenters. The van der Waals surface area contributed by atoms with E-state index in [9.17, 15) is 9.50 Å². The van der Waals surface area contributed by atoms with Gasteiger partial charge in [0.25, 0.3) is 0 Å². The number of hydrogen-bond acceptors (Lipinski definition) is 2. The molecule has 0 aliphatic heterocycles. The molecule has 0 amide bonds. The van der Waals surface area contributed by atoms with Crippen LogP contribution in [0.2, 0.25) is 0 Å². The summed E-state index contributed by atoms with van der Waals surface area (Å²) in [6, 6.07) is 5.42. The van der Waals surface area contributed by atoms with Gasteiger partial charge in [-0.25, -0.2) is 4.39 Å². The SMILES string of the molecule is C=CCN(c1cccc(F)c1C(C)O)C1CC1. The standard InChI is InChI=1S/C14H18FNO/c1-3-9-16(11-7-8-11)13-6-4-5-12(15)14(13)10(2)17/h3-6,10-11,17H,1,7-9H2,2H3. The third kappa shape index (κ3) is 2.50. The van der Waals surface area contributed by atoms with Gasteiger partial charge in [0, 0.05) is 23.8 Å². The first-order valence-electron chi connectivity index (χ1n) is 5.99. The highest BCUT2D eigenvalue weighted by atomic mass is 19.1. The zero-order valence-corrected chi connectivity index (χ0v) is 10.1. The molecule has 0 heterocycles. The molecule has 92 valence electrons. The number of hydrogen-bond donors (Lipinski definition) is 1. The Labute approximate surface area is 101 Å². The molecular formula is C14H18FNO. The number of aliphatic hydroxyl groups is 1. The predicted molar refractivity (Wildman–Crippen MR) is 67.6 cm³/mol. The molecule has 1 fully saturated rings. The number of benzene rings is 1. The zero-order chi connectivity index (χ0) is 12.4. The Morgan fingerprint density at radius 1 is 1.59 bits per heavy atom. The van der Waals surface area contributed by atoms with Gasteiger partial charge >= 0.3 is 0 Å². The van der Waals surface area contributed by atoms with Gasteiger partial charge in [-0.1, -0.05) is 12.1 Å². The highest BCUT2D eigenvalue weighted by Crippen LogP contribution is 2.36. The minimum absolute atomic E-state index is 0.341. The van der Waals surface area contributed by atoms with Crippen LogP contribution in [0.1, 0.15) is 31.4 Å². The lowest BCUT2D eigenvalue weighted by Crippen LogP contribution is -2.27. The topological polar surface area (TPSA) is 23.5 Å². The van der Waals surface area contributed by atoms with Crippen LogP contribution in [0.25, 0.3) is 0 Å². The molecule has 0 aromatic heterocycles. The normalized spacial score (nSPS) is 16.6. The second-order valence-electron chi connectivity index (χ2n) is 4.52. The predicted octanol–water partition coefficient (Wildman–Crippen LogP) is 3.03. The van der Waals surface area contributed by atoms with Crippen LogP contribution >= 0.6 is 0 Å². The average Bonchev–Trinajstić information content (AvgIpc) is 3.08. The van der Waals surface area contributed by atoms with E-state index in [1.807, 2.05) is 12.1 Å². The van der Waals surface area contributed by atoms with E-state index >= 15 is 0 Å². The van der Waals surface area contributed by atoms with E-state index < -0.39 is 6.10 Å². The molecule has 1 aliphatic rings. The quantitative estimate of drug-likeness (QED) is 0.793. The van der Waals surface area contributed by atoms with Crippen LogP contribution in [0.3, 0.4) is 0 Å². The van der Waals surface area contributed by atoms with Crippen LogP contribution in [-0.2, 0) is 0 Å². The molecule has 17 heavy (non-hydrogen) atoms. The molecule has 1 aliphatic carbocycles. The molecule has 1 aromatic rings. The minimum atomic E-state index is -0.794. The van der Waals surface area contributed by atoms with E-state index in [4.69, 9.17) is 0 Å².